The Morgan fingerprint density at radius 1 is 1.35 bits per heavy atom. The number of nitrogens with zero attached hydrogens (tertiary/aromatic N) is 1. The summed E-state index contributed by atoms with van der Waals surface area (Å²) in [6.45, 7) is 4.04. The number of carbonyl (C=O) groups is 2. The summed E-state index contributed by atoms with van der Waals surface area (Å²) in [7, 11) is 0. The minimum Gasteiger partial charge on any atom is -0.481 e. The number of allylic oxidation sites excluding steroid dienone is 3. The SMILES string of the molecule is CC(=O)/C=C/C=C(/CC(=O)O)N1CCOCC1. The number of ether oxygens (including phenoxy) is 1. The van der Waals surface area contributed by atoms with Crippen molar-refractivity contribution in [2.75, 3.05) is 26.3 Å². The molecule has 94 valence electrons. The minimum atomic E-state index is -0.876. The van der Waals surface area contributed by atoms with Gasteiger partial charge in [0.15, 0.2) is 5.78 Å². The number of morpholine rings is 1. The molecule has 1 N–H and O–H groups in total. The molecule has 0 amide bonds. The van der Waals surface area contributed by atoms with Crippen LogP contribution in [0.4, 0.5) is 0 Å². The molecule has 0 saturated carbocycles. The Labute approximate surface area is 100 Å². The Morgan fingerprint density at radius 2 is 2.00 bits per heavy atom. The Hall–Kier alpha value is -1.62. The van der Waals surface area contributed by atoms with E-state index in [1.54, 1.807) is 12.2 Å². The third kappa shape index (κ3) is 5.31. The van der Waals surface area contributed by atoms with Crippen molar-refractivity contribution in [3.8, 4) is 0 Å². The van der Waals surface area contributed by atoms with Gasteiger partial charge < -0.3 is 14.7 Å². The summed E-state index contributed by atoms with van der Waals surface area (Å²) >= 11 is 0. The maximum atomic E-state index is 10.8. The normalized spacial score (nSPS) is 17.5. The summed E-state index contributed by atoms with van der Waals surface area (Å²) in [5, 5.41) is 8.83. The first-order valence-corrected chi connectivity index (χ1v) is 5.52. The summed E-state index contributed by atoms with van der Waals surface area (Å²) in [4.78, 5) is 23.5. The van der Waals surface area contributed by atoms with Gasteiger partial charge in [-0.2, -0.15) is 0 Å². The van der Waals surface area contributed by atoms with Crippen LogP contribution >= 0.6 is 0 Å². The van der Waals surface area contributed by atoms with Crippen LogP contribution in [0.3, 0.4) is 0 Å². The van der Waals surface area contributed by atoms with Gasteiger partial charge >= 0.3 is 5.97 Å². The standard InChI is InChI=1S/C12H17NO4/c1-10(14)3-2-4-11(9-12(15)16)13-5-7-17-8-6-13/h2-4H,5-9H2,1H3,(H,15,16)/b3-2+,11-4-. The minimum absolute atomic E-state index is 0.0394. The maximum absolute atomic E-state index is 10.8. The largest absolute Gasteiger partial charge is 0.481 e. The third-order valence-corrected chi connectivity index (χ3v) is 2.37. The Balaban J connectivity index is 2.70. The summed E-state index contributed by atoms with van der Waals surface area (Å²) in [6.07, 6.45) is 4.65. The Bertz CT molecular complexity index is 340. The monoisotopic (exact) mass is 239 g/mol. The lowest BCUT2D eigenvalue weighted by molar-refractivity contribution is -0.136. The number of rotatable bonds is 5. The highest BCUT2D eigenvalue weighted by molar-refractivity contribution is 5.87. The van der Waals surface area contributed by atoms with Gasteiger partial charge in [0.1, 0.15) is 0 Å². The van der Waals surface area contributed by atoms with E-state index in [2.05, 4.69) is 0 Å². The van der Waals surface area contributed by atoms with Crippen molar-refractivity contribution in [2.24, 2.45) is 0 Å². The molecule has 1 aliphatic rings. The van der Waals surface area contributed by atoms with Gasteiger partial charge in [-0.1, -0.05) is 6.08 Å². The van der Waals surface area contributed by atoms with E-state index in [0.29, 0.717) is 32.0 Å². The van der Waals surface area contributed by atoms with Gasteiger partial charge in [0.2, 0.25) is 0 Å². The van der Waals surface area contributed by atoms with Crippen LogP contribution in [-0.2, 0) is 14.3 Å². The molecule has 0 aromatic rings. The van der Waals surface area contributed by atoms with E-state index in [1.807, 2.05) is 4.90 Å². The fourth-order valence-electron chi connectivity index (χ4n) is 1.58. The lowest BCUT2D eigenvalue weighted by atomic mass is 10.2. The summed E-state index contributed by atoms with van der Waals surface area (Å²) in [5.74, 6) is -0.933. The number of carbonyl (C=O) groups excluding carboxylic acids is 1. The molecule has 0 aromatic heterocycles. The zero-order valence-corrected chi connectivity index (χ0v) is 9.89. The number of carboxylic acid groups (broad SMARTS) is 1. The summed E-state index contributed by atoms with van der Waals surface area (Å²) in [5.41, 5.74) is 0.707. The van der Waals surface area contributed by atoms with Crippen LogP contribution in [0.15, 0.2) is 23.9 Å². The van der Waals surface area contributed by atoms with Crippen LogP contribution in [0, 0.1) is 0 Å². The van der Waals surface area contributed by atoms with Crippen LogP contribution < -0.4 is 0 Å². The molecule has 5 nitrogen and oxygen atoms in total. The van der Waals surface area contributed by atoms with E-state index in [9.17, 15) is 9.59 Å². The van der Waals surface area contributed by atoms with Gasteiger partial charge in [-0.15, -0.1) is 0 Å². The molecule has 5 heteroatoms. The average molecular weight is 239 g/mol. The molecule has 0 bridgehead atoms. The molecule has 1 rings (SSSR count). The van der Waals surface area contributed by atoms with Gasteiger partial charge in [0.25, 0.3) is 0 Å². The van der Waals surface area contributed by atoms with Crippen molar-refractivity contribution < 1.29 is 19.4 Å². The van der Waals surface area contributed by atoms with E-state index in [4.69, 9.17) is 9.84 Å². The van der Waals surface area contributed by atoms with E-state index >= 15 is 0 Å². The summed E-state index contributed by atoms with van der Waals surface area (Å²) < 4.78 is 5.21. The second-order valence-electron chi connectivity index (χ2n) is 3.80. The fourth-order valence-corrected chi connectivity index (χ4v) is 1.58. The number of ketones is 1. The van der Waals surface area contributed by atoms with Crippen molar-refractivity contribution in [3.63, 3.8) is 0 Å². The first-order valence-electron chi connectivity index (χ1n) is 5.52. The molecule has 0 aliphatic carbocycles. The van der Waals surface area contributed by atoms with Crippen molar-refractivity contribution in [2.45, 2.75) is 13.3 Å². The molecular formula is C12H17NO4. The first kappa shape index (κ1) is 13.4. The lowest BCUT2D eigenvalue weighted by Gasteiger charge is -2.30. The van der Waals surface area contributed by atoms with Crippen molar-refractivity contribution in [1.82, 2.24) is 4.90 Å². The van der Waals surface area contributed by atoms with Gasteiger partial charge in [-0.25, -0.2) is 0 Å². The maximum Gasteiger partial charge on any atom is 0.309 e. The van der Waals surface area contributed by atoms with Crippen molar-refractivity contribution >= 4 is 11.8 Å². The van der Waals surface area contributed by atoms with Gasteiger partial charge in [-0.3, -0.25) is 9.59 Å². The number of carboxylic acids is 1. The van der Waals surface area contributed by atoms with E-state index in [-0.39, 0.29) is 12.2 Å². The topological polar surface area (TPSA) is 66.8 Å². The molecule has 17 heavy (non-hydrogen) atoms. The van der Waals surface area contributed by atoms with E-state index in [0.717, 1.165) is 0 Å². The van der Waals surface area contributed by atoms with Crippen LogP contribution in [0.2, 0.25) is 0 Å². The van der Waals surface area contributed by atoms with E-state index < -0.39 is 5.97 Å². The molecule has 0 aromatic carbocycles. The second kappa shape index (κ2) is 6.85. The molecule has 1 heterocycles. The molecule has 0 unspecified atom stereocenters. The van der Waals surface area contributed by atoms with Crippen molar-refractivity contribution in [3.05, 3.63) is 23.9 Å². The second-order valence-corrected chi connectivity index (χ2v) is 3.80. The van der Waals surface area contributed by atoms with Gasteiger partial charge in [0, 0.05) is 18.8 Å². The third-order valence-electron chi connectivity index (χ3n) is 2.37. The zero-order chi connectivity index (χ0) is 12.7. The fraction of sp³-hybridized carbons (Fsp3) is 0.500. The average Bonchev–Trinajstić information content (AvgIpc) is 2.28. The van der Waals surface area contributed by atoms with E-state index in [1.165, 1.54) is 13.0 Å². The van der Waals surface area contributed by atoms with Crippen molar-refractivity contribution in [1.29, 1.82) is 0 Å². The highest BCUT2D eigenvalue weighted by Crippen LogP contribution is 2.12. The van der Waals surface area contributed by atoms with Gasteiger partial charge in [0.05, 0.1) is 19.6 Å². The molecule has 0 spiro atoms. The predicted octanol–water partition coefficient (Wildman–Crippen LogP) is 0.822. The van der Waals surface area contributed by atoms with Crippen LogP contribution in [0.1, 0.15) is 13.3 Å². The smallest absolute Gasteiger partial charge is 0.309 e. The number of hydrogen-bond donors (Lipinski definition) is 1. The Morgan fingerprint density at radius 3 is 2.53 bits per heavy atom. The predicted molar refractivity (Wildman–Crippen MR) is 62.5 cm³/mol. The molecular weight excluding hydrogens is 222 g/mol. The van der Waals surface area contributed by atoms with Crippen LogP contribution in [0.5, 0.6) is 0 Å². The Kier molecular flexibility index (Phi) is 5.42. The number of hydrogen-bond acceptors (Lipinski definition) is 4. The zero-order valence-electron chi connectivity index (χ0n) is 9.89. The number of aliphatic carboxylic acids is 1. The lowest BCUT2D eigenvalue weighted by Crippen LogP contribution is -2.36. The quantitative estimate of drug-likeness (QED) is 0.568. The van der Waals surface area contributed by atoms with Crippen LogP contribution in [0.25, 0.3) is 0 Å². The molecule has 0 atom stereocenters. The highest BCUT2D eigenvalue weighted by atomic mass is 16.5. The molecule has 1 fully saturated rings. The van der Waals surface area contributed by atoms with Crippen LogP contribution in [-0.4, -0.2) is 48.1 Å². The van der Waals surface area contributed by atoms with Gasteiger partial charge in [-0.05, 0) is 19.1 Å². The molecule has 1 saturated heterocycles. The first-order chi connectivity index (χ1) is 8.09. The highest BCUT2D eigenvalue weighted by Gasteiger charge is 2.15. The molecule has 0 radical (unpaired) electrons. The summed E-state index contributed by atoms with van der Waals surface area (Å²) in [6, 6.07) is 0. The molecule has 1 aliphatic heterocycles.